The third kappa shape index (κ3) is 4.59. The predicted octanol–water partition coefficient (Wildman–Crippen LogP) is 2.83. The van der Waals surface area contributed by atoms with Gasteiger partial charge in [0, 0.05) is 25.5 Å². The zero-order valence-corrected chi connectivity index (χ0v) is 12.5. The summed E-state index contributed by atoms with van der Waals surface area (Å²) in [5.74, 6) is 0.370. The first kappa shape index (κ1) is 15.0. The Bertz CT molecular complexity index is 235. The van der Waals surface area contributed by atoms with Crippen LogP contribution < -0.4 is 0 Å². The highest BCUT2D eigenvalue weighted by Crippen LogP contribution is 2.25. The molecule has 2 atom stereocenters. The van der Waals surface area contributed by atoms with Crippen LogP contribution in [0.2, 0.25) is 0 Å². The van der Waals surface area contributed by atoms with E-state index in [0.29, 0.717) is 0 Å². The number of unbranched alkanes of at least 4 members (excludes halogenated alkanes) is 2. The highest BCUT2D eigenvalue weighted by atomic mass is 79.9. The lowest BCUT2D eigenvalue weighted by molar-refractivity contribution is -0.136. The van der Waals surface area contributed by atoms with Crippen LogP contribution in [-0.2, 0) is 9.53 Å². The maximum absolute atomic E-state index is 12.2. The van der Waals surface area contributed by atoms with Gasteiger partial charge in [0.05, 0.1) is 12.0 Å². The lowest BCUT2D eigenvalue weighted by atomic mass is 9.98. The minimum Gasteiger partial charge on any atom is -0.377 e. The van der Waals surface area contributed by atoms with Crippen molar-refractivity contribution in [3.05, 3.63) is 0 Å². The van der Waals surface area contributed by atoms with Gasteiger partial charge >= 0.3 is 0 Å². The van der Waals surface area contributed by atoms with E-state index in [2.05, 4.69) is 22.9 Å². The van der Waals surface area contributed by atoms with E-state index in [4.69, 9.17) is 4.74 Å². The average molecular weight is 306 g/mol. The van der Waals surface area contributed by atoms with Gasteiger partial charge in [-0.05, 0) is 25.7 Å². The van der Waals surface area contributed by atoms with Gasteiger partial charge < -0.3 is 9.64 Å². The molecule has 1 fully saturated rings. The molecule has 0 saturated carbocycles. The Balaban J connectivity index is 2.30. The van der Waals surface area contributed by atoms with Crippen molar-refractivity contribution < 1.29 is 9.53 Å². The first-order valence-electron chi connectivity index (χ1n) is 6.63. The molecule has 1 aliphatic heterocycles. The fraction of sp³-hybridized carbons (Fsp3) is 0.923. The third-order valence-electron chi connectivity index (χ3n) is 3.43. The molecule has 0 aliphatic carbocycles. The molecule has 4 heteroatoms. The highest BCUT2D eigenvalue weighted by Gasteiger charge is 2.34. The minimum atomic E-state index is 0.0983. The molecule has 1 rings (SSSR count). The molecular formula is C13H24BrNO2. The van der Waals surface area contributed by atoms with Crippen LogP contribution in [0, 0.1) is 5.92 Å². The molecule has 2 unspecified atom stereocenters. The molecule has 3 nitrogen and oxygen atoms in total. The molecule has 1 aliphatic rings. The number of hydrogen-bond acceptors (Lipinski definition) is 2. The van der Waals surface area contributed by atoms with Gasteiger partial charge in [0.2, 0.25) is 5.91 Å². The lowest BCUT2D eigenvalue weighted by Crippen LogP contribution is -2.37. The summed E-state index contributed by atoms with van der Waals surface area (Å²) in [7, 11) is 1.92. The molecule has 0 aromatic rings. The van der Waals surface area contributed by atoms with Crippen molar-refractivity contribution in [2.75, 3.05) is 25.5 Å². The number of hydrogen-bond donors (Lipinski definition) is 0. The Morgan fingerprint density at radius 2 is 2.18 bits per heavy atom. The molecule has 17 heavy (non-hydrogen) atoms. The normalized spacial score (nSPS) is 23.9. The number of carbonyl (C=O) groups excluding carboxylic acids is 1. The Kier molecular flexibility index (Phi) is 7.12. The van der Waals surface area contributed by atoms with Crippen LogP contribution in [0.3, 0.4) is 0 Å². The van der Waals surface area contributed by atoms with Crippen LogP contribution in [0.1, 0.15) is 39.0 Å². The SMILES string of the molecule is CCC1OCCC1C(=O)N(C)CCCCCBr. The van der Waals surface area contributed by atoms with Crippen LogP contribution in [-0.4, -0.2) is 42.4 Å². The second kappa shape index (κ2) is 8.09. The van der Waals surface area contributed by atoms with Gasteiger partial charge in [-0.1, -0.05) is 29.3 Å². The summed E-state index contributed by atoms with van der Waals surface area (Å²) < 4.78 is 5.58. The van der Waals surface area contributed by atoms with Crippen LogP contribution in [0.4, 0.5) is 0 Å². The molecule has 1 amide bonds. The minimum absolute atomic E-state index is 0.0983. The van der Waals surface area contributed by atoms with E-state index in [1.54, 1.807) is 0 Å². The molecule has 0 aromatic heterocycles. The van der Waals surface area contributed by atoms with E-state index in [0.717, 1.165) is 37.7 Å². The molecule has 1 heterocycles. The van der Waals surface area contributed by atoms with Crippen LogP contribution in [0.25, 0.3) is 0 Å². The van der Waals surface area contributed by atoms with Crippen molar-refractivity contribution >= 4 is 21.8 Å². The van der Waals surface area contributed by atoms with E-state index in [1.165, 1.54) is 12.8 Å². The topological polar surface area (TPSA) is 29.5 Å². The van der Waals surface area contributed by atoms with Crippen molar-refractivity contribution in [2.45, 2.75) is 45.1 Å². The number of carbonyl (C=O) groups is 1. The number of amides is 1. The first-order chi connectivity index (χ1) is 8.20. The van der Waals surface area contributed by atoms with E-state index < -0.39 is 0 Å². The Labute approximate surface area is 113 Å². The molecule has 100 valence electrons. The van der Waals surface area contributed by atoms with Crippen molar-refractivity contribution in [3.8, 4) is 0 Å². The van der Waals surface area contributed by atoms with Crippen LogP contribution in [0.15, 0.2) is 0 Å². The summed E-state index contributed by atoms with van der Waals surface area (Å²) in [5.41, 5.74) is 0. The number of ether oxygens (including phenoxy) is 1. The molecule has 0 radical (unpaired) electrons. The number of rotatable bonds is 7. The van der Waals surface area contributed by atoms with E-state index in [-0.39, 0.29) is 17.9 Å². The molecule has 0 bridgehead atoms. The van der Waals surface area contributed by atoms with Crippen LogP contribution in [0.5, 0.6) is 0 Å². The number of halogens is 1. The molecule has 1 saturated heterocycles. The molecule has 0 spiro atoms. The van der Waals surface area contributed by atoms with Crippen molar-refractivity contribution in [2.24, 2.45) is 5.92 Å². The van der Waals surface area contributed by atoms with Crippen LogP contribution >= 0.6 is 15.9 Å². The van der Waals surface area contributed by atoms with Crippen molar-refractivity contribution in [1.82, 2.24) is 4.90 Å². The zero-order chi connectivity index (χ0) is 12.7. The monoisotopic (exact) mass is 305 g/mol. The largest absolute Gasteiger partial charge is 0.377 e. The highest BCUT2D eigenvalue weighted by molar-refractivity contribution is 9.09. The molecule has 0 N–H and O–H groups in total. The van der Waals surface area contributed by atoms with Gasteiger partial charge in [-0.25, -0.2) is 0 Å². The molecule has 0 aromatic carbocycles. The summed E-state index contributed by atoms with van der Waals surface area (Å²) in [5, 5.41) is 1.05. The fourth-order valence-electron chi connectivity index (χ4n) is 2.35. The summed E-state index contributed by atoms with van der Waals surface area (Å²) in [6.45, 7) is 3.71. The third-order valence-corrected chi connectivity index (χ3v) is 3.99. The standard InChI is InChI=1S/C13H24BrNO2/c1-3-12-11(7-10-17-12)13(16)15(2)9-6-4-5-8-14/h11-12H,3-10H2,1-2H3. The van der Waals surface area contributed by atoms with Crippen molar-refractivity contribution in [1.29, 1.82) is 0 Å². The Hall–Kier alpha value is -0.0900. The summed E-state index contributed by atoms with van der Waals surface area (Å²) in [6, 6.07) is 0. The maximum atomic E-state index is 12.2. The van der Waals surface area contributed by atoms with Crippen molar-refractivity contribution in [3.63, 3.8) is 0 Å². The summed E-state index contributed by atoms with van der Waals surface area (Å²) in [4.78, 5) is 14.1. The van der Waals surface area contributed by atoms with Gasteiger partial charge in [-0.15, -0.1) is 0 Å². The van der Waals surface area contributed by atoms with Gasteiger partial charge in [0.25, 0.3) is 0 Å². The quantitative estimate of drug-likeness (QED) is 0.535. The van der Waals surface area contributed by atoms with Gasteiger partial charge in [-0.2, -0.15) is 0 Å². The number of alkyl halides is 1. The van der Waals surface area contributed by atoms with E-state index in [1.807, 2.05) is 11.9 Å². The Morgan fingerprint density at radius 3 is 2.82 bits per heavy atom. The second-order valence-electron chi connectivity index (χ2n) is 4.72. The first-order valence-corrected chi connectivity index (χ1v) is 7.75. The number of nitrogens with zero attached hydrogens (tertiary/aromatic N) is 1. The summed E-state index contributed by atoms with van der Waals surface area (Å²) >= 11 is 3.42. The Morgan fingerprint density at radius 1 is 1.41 bits per heavy atom. The lowest BCUT2D eigenvalue weighted by Gasteiger charge is -2.23. The zero-order valence-electron chi connectivity index (χ0n) is 11.0. The van der Waals surface area contributed by atoms with E-state index in [9.17, 15) is 4.79 Å². The smallest absolute Gasteiger partial charge is 0.228 e. The molecular weight excluding hydrogens is 282 g/mol. The van der Waals surface area contributed by atoms with Gasteiger partial charge in [-0.3, -0.25) is 4.79 Å². The van der Waals surface area contributed by atoms with Gasteiger partial charge in [0.1, 0.15) is 0 Å². The second-order valence-corrected chi connectivity index (χ2v) is 5.52. The fourth-order valence-corrected chi connectivity index (χ4v) is 2.74. The predicted molar refractivity (Wildman–Crippen MR) is 73.4 cm³/mol. The average Bonchev–Trinajstić information content (AvgIpc) is 2.81. The maximum Gasteiger partial charge on any atom is 0.228 e. The van der Waals surface area contributed by atoms with Gasteiger partial charge in [0.15, 0.2) is 0 Å². The van der Waals surface area contributed by atoms with E-state index >= 15 is 0 Å². The summed E-state index contributed by atoms with van der Waals surface area (Å²) in [6.07, 6.45) is 5.44.